The molecule has 2 amide bonds. The van der Waals surface area contributed by atoms with Crippen LogP contribution < -0.4 is 0 Å². The number of rotatable bonds is 6. The van der Waals surface area contributed by atoms with E-state index in [1.807, 2.05) is 91.0 Å². The van der Waals surface area contributed by atoms with Crippen LogP contribution in [0, 0.1) is 0 Å². The van der Waals surface area contributed by atoms with E-state index in [0.29, 0.717) is 0 Å². The van der Waals surface area contributed by atoms with Crippen LogP contribution >= 0.6 is 0 Å². The minimum absolute atomic E-state index is 0.555. The summed E-state index contributed by atoms with van der Waals surface area (Å²) in [7, 11) is 0. The Labute approximate surface area is 185 Å². The highest BCUT2D eigenvalue weighted by Gasteiger charge is 2.47. The van der Waals surface area contributed by atoms with Crippen molar-refractivity contribution < 1.29 is 14.3 Å². The van der Waals surface area contributed by atoms with Gasteiger partial charge in [-0.25, -0.2) is 9.69 Å². The van der Waals surface area contributed by atoms with Gasteiger partial charge in [-0.2, -0.15) is 0 Å². The molecule has 1 unspecified atom stereocenters. The quantitative estimate of drug-likeness (QED) is 0.291. The van der Waals surface area contributed by atoms with Crippen molar-refractivity contribution in [2.24, 2.45) is 5.11 Å². The number of carbonyl (C=O) groups excluding carboxylic acids is 2. The molecule has 3 aromatic rings. The van der Waals surface area contributed by atoms with Crippen molar-refractivity contribution >= 4 is 12.0 Å². The molecule has 0 saturated carbocycles. The Bertz CT molecular complexity index is 1090. The summed E-state index contributed by atoms with van der Waals surface area (Å²) in [5.74, 6) is -1.15. The van der Waals surface area contributed by atoms with Gasteiger partial charge < -0.3 is 4.74 Å². The Morgan fingerprint density at radius 3 is 1.94 bits per heavy atom. The van der Waals surface area contributed by atoms with Crippen LogP contribution in [0.3, 0.4) is 0 Å². The normalized spacial score (nSPS) is 18.7. The van der Waals surface area contributed by atoms with E-state index in [1.54, 1.807) is 6.92 Å². The van der Waals surface area contributed by atoms with E-state index in [-0.39, 0.29) is 0 Å². The molecule has 0 aliphatic carbocycles. The van der Waals surface area contributed by atoms with Gasteiger partial charge in [-0.05, 0) is 29.1 Å². The zero-order valence-corrected chi connectivity index (χ0v) is 17.5. The lowest BCUT2D eigenvalue weighted by Crippen LogP contribution is -2.45. The molecule has 3 atom stereocenters. The zero-order valence-electron chi connectivity index (χ0n) is 17.5. The average Bonchev–Trinajstić information content (AvgIpc) is 3.14. The number of azide groups is 1. The topological polar surface area (TPSA) is 95.4 Å². The summed E-state index contributed by atoms with van der Waals surface area (Å²) in [6.07, 6.45) is -1.33. The Morgan fingerprint density at radius 2 is 1.44 bits per heavy atom. The molecule has 1 heterocycles. The van der Waals surface area contributed by atoms with Gasteiger partial charge in [0.25, 0.3) is 0 Å². The summed E-state index contributed by atoms with van der Waals surface area (Å²) < 4.78 is 5.54. The van der Waals surface area contributed by atoms with Gasteiger partial charge in [0.1, 0.15) is 12.1 Å². The van der Waals surface area contributed by atoms with Gasteiger partial charge in [-0.15, -0.1) is 0 Å². The van der Waals surface area contributed by atoms with Crippen molar-refractivity contribution in [3.05, 3.63) is 118 Å². The van der Waals surface area contributed by atoms with Gasteiger partial charge in [0, 0.05) is 10.8 Å². The van der Waals surface area contributed by atoms with Crippen molar-refractivity contribution in [3.8, 4) is 0 Å². The number of hydrogen-bond donors (Lipinski definition) is 0. The Morgan fingerprint density at radius 1 is 0.938 bits per heavy atom. The maximum absolute atomic E-state index is 13.7. The molecule has 1 fully saturated rings. The molecule has 160 valence electrons. The number of amides is 2. The Hall–Kier alpha value is -4.09. The molecule has 7 nitrogen and oxygen atoms in total. The number of carbonyl (C=O) groups is 2. The second-order valence-corrected chi connectivity index (χ2v) is 7.61. The maximum atomic E-state index is 13.7. The largest absolute Gasteiger partial charge is 0.439 e. The van der Waals surface area contributed by atoms with Crippen LogP contribution in [0.5, 0.6) is 0 Å². The SMILES string of the molecule is CC1[C@H](c2ccccc2)OC(=O)N1C(=O)[C@H](N=[N+]=[N-])C(c1ccccc1)c1ccccc1. The Balaban J connectivity index is 1.73. The van der Waals surface area contributed by atoms with Gasteiger partial charge in [-0.1, -0.05) is 96.1 Å². The molecule has 3 aromatic carbocycles. The summed E-state index contributed by atoms with van der Waals surface area (Å²) >= 11 is 0. The van der Waals surface area contributed by atoms with Gasteiger partial charge in [0.05, 0.1) is 6.04 Å². The molecule has 0 radical (unpaired) electrons. The van der Waals surface area contributed by atoms with Crippen molar-refractivity contribution in [2.45, 2.75) is 31.0 Å². The molecule has 0 aromatic heterocycles. The second-order valence-electron chi connectivity index (χ2n) is 7.61. The third kappa shape index (κ3) is 4.06. The van der Waals surface area contributed by atoms with E-state index in [1.165, 1.54) is 0 Å². The molecular weight excluding hydrogens is 404 g/mol. The number of imide groups is 1. The first-order chi connectivity index (χ1) is 15.6. The number of benzene rings is 3. The maximum Gasteiger partial charge on any atom is 0.417 e. The lowest BCUT2D eigenvalue weighted by atomic mass is 9.84. The van der Waals surface area contributed by atoms with Crippen LogP contribution in [0.25, 0.3) is 10.4 Å². The smallest absolute Gasteiger partial charge is 0.417 e. The van der Waals surface area contributed by atoms with Crippen molar-refractivity contribution in [1.29, 1.82) is 0 Å². The lowest BCUT2D eigenvalue weighted by molar-refractivity contribution is -0.130. The molecule has 1 aliphatic rings. The Kier molecular flexibility index (Phi) is 6.19. The summed E-state index contributed by atoms with van der Waals surface area (Å²) in [4.78, 5) is 30.5. The number of hydrogen-bond acceptors (Lipinski definition) is 4. The molecule has 0 bridgehead atoms. The summed E-state index contributed by atoms with van der Waals surface area (Å²) in [5, 5.41) is 3.87. The molecule has 4 rings (SSSR count). The fourth-order valence-corrected chi connectivity index (χ4v) is 4.18. The standard InChI is InChI=1S/C25H22N4O3/c1-17-23(20-15-9-4-10-16-20)32-25(31)29(17)24(30)22(27-28-26)21(18-11-5-2-6-12-18)19-13-7-3-8-14-19/h2-17,21-23H,1H3/t17?,22-,23-/m1/s1. The molecule has 7 heteroatoms. The zero-order chi connectivity index (χ0) is 22.5. The van der Waals surface area contributed by atoms with Crippen LogP contribution in [0.15, 0.2) is 96.1 Å². The highest BCUT2D eigenvalue weighted by Crippen LogP contribution is 2.36. The van der Waals surface area contributed by atoms with Crippen LogP contribution in [-0.4, -0.2) is 29.0 Å². The number of ether oxygens (including phenoxy) is 1. The van der Waals surface area contributed by atoms with E-state index in [9.17, 15) is 15.1 Å². The molecule has 0 spiro atoms. The first-order valence-corrected chi connectivity index (χ1v) is 10.3. The van der Waals surface area contributed by atoms with E-state index in [0.717, 1.165) is 21.6 Å². The molecule has 32 heavy (non-hydrogen) atoms. The highest BCUT2D eigenvalue weighted by atomic mass is 16.6. The van der Waals surface area contributed by atoms with E-state index in [2.05, 4.69) is 10.0 Å². The van der Waals surface area contributed by atoms with Gasteiger partial charge in [0.2, 0.25) is 5.91 Å². The second kappa shape index (κ2) is 9.37. The van der Waals surface area contributed by atoms with Crippen molar-refractivity contribution in [2.75, 3.05) is 0 Å². The highest BCUT2D eigenvalue weighted by molar-refractivity contribution is 5.97. The van der Waals surface area contributed by atoms with E-state index < -0.39 is 36.1 Å². The first-order valence-electron chi connectivity index (χ1n) is 10.3. The monoisotopic (exact) mass is 426 g/mol. The fraction of sp³-hybridized carbons (Fsp3) is 0.200. The van der Waals surface area contributed by atoms with Crippen molar-refractivity contribution in [1.82, 2.24) is 4.90 Å². The minimum atomic E-state index is -1.16. The third-order valence-electron chi connectivity index (χ3n) is 5.70. The minimum Gasteiger partial charge on any atom is -0.439 e. The van der Waals surface area contributed by atoms with Crippen LogP contribution in [0.1, 0.15) is 35.6 Å². The molecule has 1 aliphatic heterocycles. The van der Waals surface area contributed by atoms with E-state index in [4.69, 9.17) is 4.74 Å². The van der Waals surface area contributed by atoms with Crippen molar-refractivity contribution in [3.63, 3.8) is 0 Å². The van der Waals surface area contributed by atoms with Crippen LogP contribution in [0.2, 0.25) is 0 Å². The summed E-state index contributed by atoms with van der Waals surface area (Å²) in [6.45, 7) is 1.76. The predicted octanol–water partition coefficient (Wildman–Crippen LogP) is 5.61. The lowest BCUT2D eigenvalue weighted by Gasteiger charge is -2.28. The van der Waals surface area contributed by atoms with Crippen LogP contribution in [0.4, 0.5) is 4.79 Å². The molecule has 0 N–H and O–H groups in total. The third-order valence-corrected chi connectivity index (χ3v) is 5.70. The first kappa shape index (κ1) is 21.2. The van der Waals surface area contributed by atoms with Crippen LogP contribution in [-0.2, 0) is 9.53 Å². The fourth-order valence-electron chi connectivity index (χ4n) is 4.18. The molecular formula is C25H22N4O3. The van der Waals surface area contributed by atoms with Gasteiger partial charge in [0.15, 0.2) is 0 Å². The van der Waals surface area contributed by atoms with Gasteiger partial charge in [-0.3, -0.25) is 4.79 Å². The summed E-state index contributed by atoms with van der Waals surface area (Å²) in [6, 6.07) is 26.3. The molecule has 1 saturated heterocycles. The predicted molar refractivity (Wildman–Crippen MR) is 120 cm³/mol. The van der Waals surface area contributed by atoms with E-state index >= 15 is 0 Å². The number of nitrogens with zero attached hydrogens (tertiary/aromatic N) is 4. The van der Waals surface area contributed by atoms with Gasteiger partial charge >= 0.3 is 6.09 Å². The average molecular weight is 426 g/mol. The summed E-state index contributed by atoms with van der Waals surface area (Å²) in [5.41, 5.74) is 11.7. The number of cyclic esters (lactones) is 1.